The first-order valence-electron chi connectivity index (χ1n) is 3.80. The summed E-state index contributed by atoms with van der Waals surface area (Å²) in [6, 6.07) is 0. The van der Waals surface area contributed by atoms with Crippen LogP contribution in [-0.2, 0) is 23.9 Å². The average Bonchev–Trinajstić information content (AvgIpc) is 2.46. The van der Waals surface area contributed by atoms with E-state index in [9.17, 15) is 31.2 Å². The summed E-state index contributed by atoms with van der Waals surface area (Å²) < 4.78 is 59.7. The molecule has 0 spiro atoms. The number of hydrogen-bond acceptors (Lipinski definition) is 7. The monoisotopic (exact) mass is 279 g/mol. The Kier molecular flexibility index (Phi) is 5.00. The van der Waals surface area contributed by atoms with Crippen LogP contribution in [0.3, 0.4) is 0 Å². The van der Waals surface area contributed by atoms with Crippen LogP contribution in [-0.4, -0.2) is 31.8 Å². The zero-order valence-corrected chi connectivity index (χ0v) is 8.84. The van der Waals surface area contributed by atoms with Gasteiger partial charge in [-0.05, 0) is 0 Å². The van der Waals surface area contributed by atoms with E-state index in [1.54, 1.807) is 5.32 Å². The normalized spacial score (nSPS) is 20.6. The molecule has 1 aliphatic heterocycles. The van der Waals surface area contributed by atoms with Gasteiger partial charge in [0, 0.05) is 0 Å². The maximum Gasteiger partial charge on any atom is 0.523 e. The molecular weight excluding hydrogens is 271 g/mol. The van der Waals surface area contributed by atoms with E-state index in [2.05, 4.69) is 15.9 Å². The number of halogens is 3. The van der Waals surface area contributed by atoms with Gasteiger partial charge in [0.25, 0.3) is 5.91 Å². The standard InChI is InChI=1S/C5H4F3NO5S.H4N2/c6-5(7,8)15(12,13)14-2-1-3(10)9-4(2)11;1-2/h2H,1H2,(H,9,10,11);1-2H2. The molecule has 0 saturated carbocycles. The van der Waals surface area contributed by atoms with E-state index >= 15 is 0 Å². The van der Waals surface area contributed by atoms with Crippen LogP contribution in [0.1, 0.15) is 6.42 Å². The van der Waals surface area contributed by atoms with Crippen molar-refractivity contribution in [3.05, 3.63) is 0 Å². The SMILES string of the molecule is NN.O=C1CC(OS(=O)(=O)C(F)(F)F)C(=O)N1. The molecule has 0 aromatic heterocycles. The van der Waals surface area contributed by atoms with Crippen LogP contribution in [0.5, 0.6) is 0 Å². The zero-order chi connectivity index (χ0) is 13.9. The molecule has 1 unspecified atom stereocenters. The Bertz CT molecular complexity index is 406. The molecule has 0 aliphatic carbocycles. The molecule has 1 heterocycles. The number of hydrazine groups is 1. The number of amides is 2. The number of alkyl halides is 3. The Balaban J connectivity index is 0.00000121. The number of imide groups is 1. The lowest BCUT2D eigenvalue weighted by atomic mass is 10.3. The van der Waals surface area contributed by atoms with Crippen LogP contribution >= 0.6 is 0 Å². The third kappa shape index (κ3) is 3.92. The molecule has 1 fully saturated rings. The summed E-state index contributed by atoms with van der Waals surface area (Å²) in [4.78, 5) is 21.2. The second-order valence-electron chi connectivity index (χ2n) is 2.60. The van der Waals surface area contributed by atoms with Crippen molar-refractivity contribution in [3.63, 3.8) is 0 Å². The molecule has 1 aliphatic rings. The van der Waals surface area contributed by atoms with Crippen molar-refractivity contribution in [3.8, 4) is 0 Å². The summed E-state index contributed by atoms with van der Waals surface area (Å²) in [6.45, 7) is 0. The van der Waals surface area contributed by atoms with Crippen molar-refractivity contribution < 1.29 is 35.4 Å². The Morgan fingerprint density at radius 1 is 1.29 bits per heavy atom. The van der Waals surface area contributed by atoms with Gasteiger partial charge < -0.3 is 0 Å². The van der Waals surface area contributed by atoms with Crippen molar-refractivity contribution in [1.82, 2.24) is 5.32 Å². The minimum atomic E-state index is -5.85. The molecule has 0 aromatic rings. The largest absolute Gasteiger partial charge is 0.523 e. The fraction of sp³-hybridized carbons (Fsp3) is 0.600. The van der Waals surface area contributed by atoms with Gasteiger partial charge in [0.1, 0.15) is 0 Å². The summed E-state index contributed by atoms with van der Waals surface area (Å²) in [5, 5.41) is 1.61. The molecule has 0 aromatic carbocycles. The second kappa shape index (κ2) is 5.39. The van der Waals surface area contributed by atoms with Gasteiger partial charge in [-0.15, -0.1) is 0 Å². The first-order chi connectivity index (χ1) is 7.63. The lowest BCUT2D eigenvalue weighted by Gasteiger charge is -2.10. The molecule has 1 saturated heterocycles. The Morgan fingerprint density at radius 2 is 1.76 bits per heavy atom. The lowest BCUT2D eigenvalue weighted by molar-refractivity contribution is -0.127. The van der Waals surface area contributed by atoms with Crippen molar-refractivity contribution in [2.24, 2.45) is 11.7 Å². The molecule has 1 atom stereocenters. The van der Waals surface area contributed by atoms with E-state index in [1.807, 2.05) is 0 Å². The summed E-state index contributed by atoms with van der Waals surface area (Å²) in [7, 11) is -5.85. The highest BCUT2D eigenvalue weighted by molar-refractivity contribution is 7.87. The number of carbonyl (C=O) groups excluding carboxylic acids is 2. The van der Waals surface area contributed by atoms with Gasteiger partial charge in [-0.3, -0.25) is 26.6 Å². The fourth-order valence-corrected chi connectivity index (χ4v) is 1.39. The van der Waals surface area contributed by atoms with E-state index in [0.29, 0.717) is 0 Å². The molecule has 0 radical (unpaired) electrons. The predicted octanol–water partition coefficient (Wildman–Crippen LogP) is -1.91. The van der Waals surface area contributed by atoms with E-state index in [0.717, 1.165) is 0 Å². The fourth-order valence-electron chi connectivity index (χ4n) is 0.815. The van der Waals surface area contributed by atoms with Gasteiger partial charge in [-0.1, -0.05) is 0 Å². The van der Waals surface area contributed by atoms with Gasteiger partial charge >= 0.3 is 15.6 Å². The number of nitrogens with two attached hydrogens (primary N) is 2. The number of hydrogen-bond donors (Lipinski definition) is 3. The van der Waals surface area contributed by atoms with Crippen LogP contribution in [0.25, 0.3) is 0 Å². The Morgan fingerprint density at radius 3 is 2.06 bits per heavy atom. The molecule has 17 heavy (non-hydrogen) atoms. The maximum atomic E-state index is 11.8. The highest BCUT2D eigenvalue weighted by Gasteiger charge is 2.50. The van der Waals surface area contributed by atoms with E-state index < -0.39 is 40.0 Å². The van der Waals surface area contributed by atoms with Crippen LogP contribution in [0.4, 0.5) is 13.2 Å². The zero-order valence-electron chi connectivity index (χ0n) is 8.02. The van der Waals surface area contributed by atoms with Gasteiger partial charge in [0.2, 0.25) is 5.91 Å². The first kappa shape index (κ1) is 15.8. The van der Waals surface area contributed by atoms with Gasteiger partial charge in [0.15, 0.2) is 6.10 Å². The van der Waals surface area contributed by atoms with Crippen LogP contribution in [0, 0.1) is 0 Å². The van der Waals surface area contributed by atoms with Gasteiger partial charge in [-0.2, -0.15) is 21.6 Å². The summed E-state index contributed by atoms with van der Waals surface area (Å²) in [6.07, 6.45) is -2.68. The quantitative estimate of drug-likeness (QED) is 0.176. The van der Waals surface area contributed by atoms with Crippen molar-refractivity contribution in [2.45, 2.75) is 18.0 Å². The molecule has 100 valence electrons. The van der Waals surface area contributed by atoms with E-state index in [4.69, 9.17) is 0 Å². The van der Waals surface area contributed by atoms with Gasteiger partial charge in [0.05, 0.1) is 6.42 Å². The van der Waals surface area contributed by atoms with E-state index in [-0.39, 0.29) is 0 Å². The van der Waals surface area contributed by atoms with Crippen LogP contribution < -0.4 is 17.0 Å². The maximum absolute atomic E-state index is 11.8. The minimum Gasteiger partial charge on any atom is -0.294 e. The minimum absolute atomic E-state index is 0.742. The average molecular weight is 279 g/mol. The molecule has 0 bridgehead atoms. The molecular formula is C5H8F3N3O5S. The predicted molar refractivity (Wildman–Crippen MR) is 46.0 cm³/mol. The van der Waals surface area contributed by atoms with E-state index in [1.165, 1.54) is 0 Å². The molecule has 8 nitrogen and oxygen atoms in total. The number of nitrogens with one attached hydrogen (secondary N) is 1. The summed E-state index contributed by atoms with van der Waals surface area (Å²) in [5.41, 5.74) is -5.61. The number of carbonyl (C=O) groups is 2. The lowest BCUT2D eigenvalue weighted by Crippen LogP contribution is -2.34. The summed E-state index contributed by atoms with van der Waals surface area (Å²) in [5.74, 6) is 5.91. The van der Waals surface area contributed by atoms with Crippen molar-refractivity contribution in [1.29, 1.82) is 0 Å². The Labute approximate surface area is 93.2 Å². The summed E-state index contributed by atoms with van der Waals surface area (Å²) >= 11 is 0. The first-order valence-corrected chi connectivity index (χ1v) is 5.21. The van der Waals surface area contributed by atoms with Crippen molar-refractivity contribution >= 4 is 21.9 Å². The molecule has 12 heteroatoms. The van der Waals surface area contributed by atoms with Crippen LogP contribution in [0.15, 0.2) is 0 Å². The van der Waals surface area contributed by atoms with Gasteiger partial charge in [-0.25, -0.2) is 4.18 Å². The molecule has 1 rings (SSSR count). The molecule has 5 N–H and O–H groups in total. The Hall–Kier alpha value is -1.24. The van der Waals surface area contributed by atoms with Crippen molar-refractivity contribution in [2.75, 3.05) is 0 Å². The highest BCUT2D eigenvalue weighted by Crippen LogP contribution is 2.26. The molecule has 2 amide bonds. The third-order valence-electron chi connectivity index (χ3n) is 1.45. The third-order valence-corrected chi connectivity index (χ3v) is 2.50. The van der Waals surface area contributed by atoms with Crippen LogP contribution in [0.2, 0.25) is 0 Å². The second-order valence-corrected chi connectivity index (χ2v) is 4.16. The number of rotatable bonds is 2. The topological polar surface area (TPSA) is 142 Å². The smallest absolute Gasteiger partial charge is 0.294 e. The highest BCUT2D eigenvalue weighted by atomic mass is 32.2.